The quantitative estimate of drug-likeness (QED) is 0.262. The molecule has 0 saturated carbocycles. The third-order valence-corrected chi connectivity index (χ3v) is 7.45. The summed E-state index contributed by atoms with van der Waals surface area (Å²) in [5.74, 6) is 0. The van der Waals surface area contributed by atoms with Crippen LogP contribution in [0.1, 0.15) is 0 Å². The summed E-state index contributed by atoms with van der Waals surface area (Å²) >= 11 is 17.7. The minimum absolute atomic E-state index is 1.00. The van der Waals surface area contributed by atoms with Crippen LogP contribution in [0.5, 0.6) is 0 Å². The van der Waals surface area contributed by atoms with Gasteiger partial charge in [-0.25, -0.2) is 0 Å². The summed E-state index contributed by atoms with van der Waals surface area (Å²) < 4.78 is 5.14. The van der Waals surface area contributed by atoms with Gasteiger partial charge in [-0.15, -0.1) is 0 Å². The SMILES string of the molecule is Brc1ccc(-c2cc(Br)c(Br)c(Br)c2Br)cc1. The van der Waals surface area contributed by atoms with Crippen molar-refractivity contribution < 1.29 is 0 Å². The zero-order chi connectivity index (χ0) is 12.6. The summed E-state index contributed by atoms with van der Waals surface area (Å²) in [7, 11) is 0. The number of hydrogen-bond donors (Lipinski definition) is 0. The molecule has 17 heavy (non-hydrogen) atoms. The highest BCUT2D eigenvalue weighted by Gasteiger charge is 2.12. The maximum Gasteiger partial charge on any atom is 0.0477 e. The van der Waals surface area contributed by atoms with Gasteiger partial charge in [0.25, 0.3) is 0 Å². The summed E-state index contributed by atoms with van der Waals surface area (Å²) in [5, 5.41) is 0. The lowest BCUT2D eigenvalue weighted by Crippen LogP contribution is -1.84. The van der Waals surface area contributed by atoms with Crippen LogP contribution < -0.4 is 0 Å². The summed E-state index contributed by atoms with van der Waals surface area (Å²) in [6.45, 7) is 0. The van der Waals surface area contributed by atoms with Crippen molar-refractivity contribution >= 4 is 79.6 Å². The van der Waals surface area contributed by atoms with Crippen LogP contribution in [-0.2, 0) is 0 Å². The zero-order valence-electron chi connectivity index (χ0n) is 8.28. The number of hydrogen-bond acceptors (Lipinski definition) is 0. The molecule has 0 aromatic heterocycles. The Balaban J connectivity index is 2.64. The van der Waals surface area contributed by atoms with Crippen LogP contribution in [0.3, 0.4) is 0 Å². The largest absolute Gasteiger partial charge is 0.0532 e. The van der Waals surface area contributed by atoms with Crippen LogP contribution in [0.15, 0.2) is 52.7 Å². The van der Waals surface area contributed by atoms with Crippen LogP contribution in [0.4, 0.5) is 0 Å². The Kier molecular flexibility index (Phi) is 4.92. The molecule has 0 nitrogen and oxygen atoms in total. The van der Waals surface area contributed by atoms with Crippen molar-refractivity contribution in [1.29, 1.82) is 0 Å². The van der Waals surface area contributed by atoms with E-state index < -0.39 is 0 Å². The van der Waals surface area contributed by atoms with Gasteiger partial charge in [-0.2, -0.15) is 0 Å². The number of benzene rings is 2. The summed E-state index contributed by atoms with van der Waals surface area (Å²) in [6.07, 6.45) is 0. The topological polar surface area (TPSA) is 0 Å². The molecule has 0 fully saturated rings. The lowest BCUT2D eigenvalue weighted by Gasteiger charge is -2.10. The maximum absolute atomic E-state index is 3.61. The monoisotopic (exact) mass is 544 g/mol. The molecule has 0 unspecified atom stereocenters. The predicted octanol–water partition coefficient (Wildman–Crippen LogP) is 7.17. The third-order valence-electron chi connectivity index (χ3n) is 2.26. The molecule has 0 atom stereocenters. The Hall–Kier alpha value is 0.840. The molecule has 0 bridgehead atoms. The Morgan fingerprint density at radius 1 is 0.647 bits per heavy atom. The van der Waals surface area contributed by atoms with E-state index in [0.29, 0.717) is 0 Å². The molecule has 5 heteroatoms. The average molecular weight is 549 g/mol. The molecule has 0 aliphatic carbocycles. The zero-order valence-corrected chi connectivity index (χ0v) is 16.2. The van der Waals surface area contributed by atoms with E-state index in [4.69, 9.17) is 0 Å². The van der Waals surface area contributed by atoms with Gasteiger partial charge in [-0.05, 0) is 93.0 Å². The Labute approximate surface area is 142 Å². The molecule has 0 saturated heterocycles. The Morgan fingerprint density at radius 2 is 1.24 bits per heavy atom. The van der Waals surface area contributed by atoms with Gasteiger partial charge >= 0.3 is 0 Å². The van der Waals surface area contributed by atoms with Crippen molar-refractivity contribution in [2.45, 2.75) is 0 Å². The highest BCUT2D eigenvalue weighted by Crippen LogP contribution is 2.42. The third kappa shape index (κ3) is 3.06. The van der Waals surface area contributed by atoms with Crippen LogP contribution in [0.25, 0.3) is 11.1 Å². The smallest absolute Gasteiger partial charge is 0.0477 e. The highest BCUT2D eigenvalue weighted by molar-refractivity contribution is 9.15. The molecule has 2 aromatic rings. The molecular formula is C12H5Br5. The van der Waals surface area contributed by atoms with Gasteiger partial charge in [0.05, 0.1) is 0 Å². The normalized spacial score (nSPS) is 10.6. The minimum atomic E-state index is 1.00. The van der Waals surface area contributed by atoms with E-state index >= 15 is 0 Å². The fourth-order valence-corrected chi connectivity index (χ4v) is 3.92. The van der Waals surface area contributed by atoms with Crippen LogP contribution in [0.2, 0.25) is 0 Å². The van der Waals surface area contributed by atoms with Gasteiger partial charge in [-0.1, -0.05) is 28.1 Å². The van der Waals surface area contributed by atoms with Crippen molar-refractivity contribution in [3.63, 3.8) is 0 Å². The standard InChI is InChI=1S/C12H5Br5/c13-7-3-1-6(2-4-7)8-5-9(14)11(16)12(17)10(8)15/h1-5H. The van der Waals surface area contributed by atoms with E-state index in [1.807, 2.05) is 12.1 Å². The fourth-order valence-electron chi connectivity index (χ4n) is 1.41. The maximum atomic E-state index is 3.61. The summed E-state index contributed by atoms with van der Waals surface area (Å²) in [5.41, 5.74) is 2.30. The Bertz CT molecular complexity index is 560. The molecule has 2 aromatic carbocycles. The van der Waals surface area contributed by atoms with Crippen molar-refractivity contribution in [3.05, 3.63) is 52.7 Å². The summed E-state index contributed by atoms with van der Waals surface area (Å²) in [4.78, 5) is 0. The van der Waals surface area contributed by atoms with Crippen LogP contribution in [-0.4, -0.2) is 0 Å². The molecule has 0 aliphatic rings. The lowest BCUT2D eigenvalue weighted by molar-refractivity contribution is 1.47. The Morgan fingerprint density at radius 3 is 1.82 bits per heavy atom. The van der Waals surface area contributed by atoms with Gasteiger partial charge in [0.15, 0.2) is 0 Å². The first-order valence-electron chi connectivity index (χ1n) is 4.59. The summed E-state index contributed by atoms with van der Waals surface area (Å²) in [6, 6.07) is 10.3. The first kappa shape index (κ1) is 14.3. The van der Waals surface area contributed by atoms with Crippen LogP contribution in [0, 0.1) is 0 Å². The van der Waals surface area contributed by atoms with E-state index in [1.54, 1.807) is 0 Å². The van der Waals surface area contributed by atoms with Crippen LogP contribution >= 0.6 is 79.6 Å². The van der Waals surface area contributed by atoms with E-state index in [1.165, 1.54) is 0 Å². The van der Waals surface area contributed by atoms with Crippen molar-refractivity contribution in [2.75, 3.05) is 0 Å². The van der Waals surface area contributed by atoms with Gasteiger partial charge in [0, 0.05) is 22.4 Å². The molecule has 88 valence electrons. The van der Waals surface area contributed by atoms with E-state index in [-0.39, 0.29) is 0 Å². The minimum Gasteiger partial charge on any atom is -0.0532 e. The van der Waals surface area contributed by atoms with E-state index in [2.05, 4.69) is 97.8 Å². The van der Waals surface area contributed by atoms with Crippen molar-refractivity contribution in [3.8, 4) is 11.1 Å². The fraction of sp³-hybridized carbons (Fsp3) is 0. The molecular weight excluding hydrogens is 544 g/mol. The number of halogens is 5. The lowest BCUT2D eigenvalue weighted by atomic mass is 10.1. The second-order valence-electron chi connectivity index (χ2n) is 3.35. The van der Waals surface area contributed by atoms with E-state index in [0.717, 1.165) is 33.5 Å². The van der Waals surface area contributed by atoms with Gasteiger partial charge < -0.3 is 0 Å². The highest BCUT2D eigenvalue weighted by atomic mass is 79.9. The average Bonchev–Trinajstić information content (AvgIpc) is 2.32. The first-order chi connectivity index (χ1) is 8.00. The second kappa shape index (κ2) is 5.87. The first-order valence-corrected chi connectivity index (χ1v) is 8.56. The predicted molar refractivity (Wildman–Crippen MR) is 90.4 cm³/mol. The molecule has 0 aliphatic heterocycles. The van der Waals surface area contributed by atoms with Gasteiger partial charge in [0.2, 0.25) is 0 Å². The van der Waals surface area contributed by atoms with E-state index in [9.17, 15) is 0 Å². The van der Waals surface area contributed by atoms with Crippen molar-refractivity contribution in [2.24, 2.45) is 0 Å². The molecule has 0 spiro atoms. The van der Waals surface area contributed by atoms with Crippen molar-refractivity contribution in [1.82, 2.24) is 0 Å². The van der Waals surface area contributed by atoms with Gasteiger partial charge in [-0.3, -0.25) is 0 Å². The molecule has 0 N–H and O–H groups in total. The molecule has 0 radical (unpaired) electrons. The molecule has 2 rings (SSSR count). The molecule has 0 amide bonds. The van der Waals surface area contributed by atoms with Gasteiger partial charge in [0.1, 0.15) is 0 Å². The second-order valence-corrected chi connectivity index (χ2v) is 7.50. The number of rotatable bonds is 1. The molecule has 0 heterocycles.